The second-order valence-corrected chi connectivity index (χ2v) is 13.7. The summed E-state index contributed by atoms with van der Waals surface area (Å²) in [6.45, 7) is 5.98. The number of hydrogen-bond acceptors (Lipinski definition) is 7. The number of piperidine rings is 1. The van der Waals surface area contributed by atoms with Gasteiger partial charge in [0.2, 0.25) is 5.91 Å². The fourth-order valence-corrected chi connectivity index (χ4v) is 7.84. The first-order chi connectivity index (χ1) is 22.8. The molecule has 2 unspecified atom stereocenters. The van der Waals surface area contributed by atoms with Crippen LogP contribution in [-0.4, -0.2) is 71.7 Å². The minimum atomic E-state index is -1.06. The highest BCUT2D eigenvalue weighted by molar-refractivity contribution is 6.36. The molecule has 2 radical (unpaired) electrons. The number of carboxylic acids is 1. The van der Waals surface area contributed by atoms with E-state index in [0.29, 0.717) is 44.9 Å². The zero-order valence-electron chi connectivity index (χ0n) is 26.1. The highest BCUT2D eigenvalue weighted by Gasteiger charge is 2.31. The molecule has 0 bridgehead atoms. The van der Waals surface area contributed by atoms with Crippen molar-refractivity contribution in [2.45, 2.75) is 62.6 Å². The molecule has 0 aliphatic carbocycles. The number of nitrogens with zero attached hydrogens (tertiary/aromatic N) is 4. The van der Waals surface area contributed by atoms with Crippen molar-refractivity contribution in [3.8, 4) is 5.75 Å². The largest absolute Gasteiger partial charge is 0.481 e. The number of benzene rings is 2. The summed E-state index contributed by atoms with van der Waals surface area (Å²) in [6.07, 6.45) is 6.25. The summed E-state index contributed by atoms with van der Waals surface area (Å²) in [5, 5.41) is 9.61. The van der Waals surface area contributed by atoms with Crippen molar-refractivity contribution in [1.82, 2.24) is 19.4 Å². The first kappa shape index (κ1) is 31.2. The molecule has 0 spiro atoms. The van der Waals surface area contributed by atoms with Gasteiger partial charge in [-0.2, -0.15) is 0 Å². The molecule has 1 amide bonds. The number of amides is 1. The number of halogens is 1. The maximum atomic E-state index is 15.0. The normalized spacial score (nSPS) is 20.4. The summed E-state index contributed by atoms with van der Waals surface area (Å²) in [7, 11) is 0.675. The van der Waals surface area contributed by atoms with Gasteiger partial charge >= 0.3 is 5.97 Å². The molecule has 2 fully saturated rings. The Morgan fingerprint density at radius 1 is 1.11 bits per heavy atom. The van der Waals surface area contributed by atoms with Crippen LogP contribution in [0.15, 0.2) is 54.6 Å². The van der Waals surface area contributed by atoms with Crippen LogP contribution in [0, 0.1) is 5.82 Å². The molecule has 3 atom stereocenters. The topological polar surface area (TPSA) is 133 Å². The summed E-state index contributed by atoms with van der Waals surface area (Å²) in [5.41, 5.74) is 9.49. The van der Waals surface area contributed by atoms with E-state index in [-0.39, 0.29) is 23.3 Å². The molecule has 47 heavy (non-hydrogen) atoms. The van der Waals surface area contributed by atoms with Gasteiger partial charge in [-0.15, -0.1) is 0 Å². The van der Waals surface area contributed by atoms with Gasteiger partial charge in [-0.25, -0.2) is 19.2 Å². The molecule has 2 saturated heterocycles. The Hall–Kier alpha value is -4.39. The van der Waals surface area contributed by atoms with Crippen molar-refractivity contribution in [2.24, 2.45) is 5.73 Å². The van der Waals surface area contributed by atoms with E-state index >= 15 is 0 Å². The molecule has 4 aromatic rings. The monoisotopic (exact) mass is 653 g/mol. The number of para-hydroxylation sites is 1. The molecule has 7 rings (SSSR count). The van der Waals surface area contributed by atoms with E-state index < -0.39 is 23.8 Å². The second kappa shape index (κ2) is 13.0. The maximum Gasteiger partial charge on any atom is 0.354 e. The predicted octanol–water partition coefficient (Wildman–Crippen LogP) is 5.22. The fourth-order valence-electron chi connectivity index (χ4n) is 6.84. The van der Waals surface area contributed by atoms with Crippen LogP contribution in [-0.2, 0) is 17.8 Å². The van der Waals surface area contributed by atoms with Gasteiger partial charge in [0.1, 0.15) is 29.0 Å². The van der Waals surface area contributed by atoms with Gasteiger partial charge in [-0.3, -0.25) is 9.69 Å². The maximum absolute atomic E-state index is 15.0. The number of primary amides is 1. The number of carbonyl (C=O) groups excluding carboxylic acids is 1. The number of likely N-dealkylation sites (tertiary alicyclic amines) is 1. The van der Waals surface area contributed by atoms with E-state index in [4.69, 9.17) is 20.2 Å². The third kappa shape index (κ3) is 6.20. The first-order valence-electron chi connectivity index (χ1n) is 16.0. The minimum absolute atomic E-state index is 0.0114. The molecule has 0 saturated carbocycles. The van der Waals surface area contributed by atoms with Gasteiger partial charge in [-0.1, -0.05) is 36.9 Å². The summed E-state index contributed by atoms with van der Waals surface area (Å²) in [4.78, 5) is 35.1. The summed E-state index contributed by atoms with van der Waals surface area (Å²) >= 11 is 0. The summed E-state index contributed by atoms with van der Waals surface area (Å²) in [5.74, 6) is -0.353. The number of rotatable bonds is 10. The van der Waals surface area contributed by atoms with Crippen LogP contribution in [0.2, 0.25) is 12.1 Å². The molecule has 3 N–H and O–H groups in total. The number of aromatic carboxylic acids is 1. The van der Waals surface area contributed by atoms with E-state index in [9.17, 15) is 19.1 Å². The quantitative estimate of drug-likeness (QED) is 0.223. The van der Waals surface area contributed by atoms with E-state index in [1.54, 1.807) is 12.1 Å². The highest BCUT2D eigenvalue weighted by atomic mass is 28.2. The summed E-state index contributed by atoms with van der Waals surface area (Å²) in [6, 6.07) is 13.6. The minimum Gasteiger partial charge on any atom is -0.481 e. The third-order valence-corrected chi connectivity index (χ3v) is 10.9. The standard InChI is InChI=1S/C35H36FN5O5Si/c1-47-30(29-13-16-45-29)18-41-31(38-26-8-9-27(35(43)44)39-34(26)41)19-40-14-11-20(12-15-40)23-4-2-3-21-6-10-28(46-32(21)23)24-7-5-22(33(37)42)17-25(24)36/h2-10,17,20,28-30H,11-16,18-19H2,1H3,(H2,37,42)(H,43,44)/t28-,29?,30?/m0/s1. The Morgan fingerprint density at radius 3 is 2.60 bits per heavy atom. The van der Waals surface area contributed by atoms with Gasteiger partial charge in [0, 0.05) is 39.4 Å². The smallest absolute Gasteiger partial charge is 0.354 e. The lowest BCUT2D eigenvalue weighted by Crippen LogP contribution is -2.36. The van der Waals surface area contributed by atoms with Gasteiger partial charge in [0.15, 0.2) is 11.3 Å². The predicted molar refractivity (Wildman–Crippen MR) is 175 cm³/mol. The van der Waals surface area contributed by atoms with E-state index in [1.807, 2.05) is 24.3 Å². The van der Waals surface area contributed by atoms with Crippen molar-refractivity contribution in [3.05, 3.63) is 94.2 Å². The lowest BCUT2D eigenvalue weighted by molar-refractivity contribution is -0.0561. The van der Waals surface area contributed by atoms with Crippen LogP contribution in [0.5, 0.6) is 5.75 Å². The molecular formula is C35H36FN5O5Si. The number of ether oxygens (including phenoxy) is 2. The molecule has 2 aromatic carbocycles. The van der Waals surface area contributed by atoms with Crippen molar-refractivity contribution in [1.29, 1.82) is 0 Å². The first-order valence-corrected chi connectivity index (χ1v) is 17.5. The van der Waals surface area contributed by atoms with Crippen molar-refractivity contribution in [3.63, 3.8) is 0 Å². The van der Waals surface area contributed by atoms with E-state index in [0.717, 1.165) is 67.7 Å². The van der Waals surface area contributed by atoms with E-state index in [1.165, 1.54) is 12.1 Å². The number of imidazole rings is 1. The summed E-state index contributed by atoms with van der Waals surface area (Å²) < 4.78 is 29.4. The SMILES string of the molecule is C[Si]C(Cn1c(CN2CCC(c3cccc4c3O[C@H](c3ccc(C(N)=O)cc3F)C=C4)CC2)nc2ccc(C(=O)O)nc21)C1CCO1. The number of carboxylic acid groups (broad SMARTS) is 1. The number of fused-ring (bicyclic) bond motifs is 2. The lowest BCUT2D eigenvalue weighted by atomic mass is 9.87. The van der Waals surface area contributed by atoms with Crippen LogP contribution < -0.4 is 10.5 Å². The molecule has 10 nitrogen and oxygen atoms in total. The highest BCUT2D eigenvalue weighted by Crippen LogP contribution is 2.42. The lowest BCUT2D eigenvalue weighted by Gasteiger charge is -2.35. The Morgan fingerprint density at radius 2 is 1.91 bits per heavy atom. The fraction of sp³-hybridized carbons (Fsp3) is 0.371. The van der Waals surface area contributed by atoms with Gasteiger partial charge in [-0.05, 0) is 79.7 Å². The number of nitrogens with two attached hydrogens (primary N) is 1. The van der Waals surface area contributed by atoms with Crippen LogP contribution in [0.4, 0.5) is 4.39 Å². The Kier molecular flexibility index (Phi) is 8.64. The Labute approximate surface area is 274 Å². The van der Waals surface area contributed by atoms with Crippen LogP contribution >= 0.6 is 0 Å². The van der Waals surface area contributed by atoms with Gasteiger partial charge in [0.25, 0.3) is 0 Å². The van der Waals surface area contributed by atoms with Crippen molar-refractivity contribution in [2.75, 3.05) is 19.7 Å². The van der Waals surface area contributed by atoms with Crippen LogP contribution in [0.1, 0.15) is 74.6 Å². The average Bonchev–Trinajstić information content (AvgIpc) is 3.38. The Bertz CT molecular complexity index is 1870. The molecule has 3 aliphatic rings. The zero-order chi connectivity index (χ0) is 32.7. The number of pyridine rings is 1. The number of hydrogen-bond donors (Lipinski definition) is 2. The van der Waals surface area contributed by atoms with Crippen molar-refractivity contribution >= 4 is 38.6 Å². The number of aromatic nitrogens is 3. The Balaban J connectivity index is 1.08. The third-order valence-electron chi connectivity index (χ3n) is 9.58. The van der Waals surface area contributed by atoms with Gasteiger partial charge < -0.3 is 24.9 Å². The zero-order valence-corrected chi connectivity index (χ0v) is 27.1. The molecule has 5 heterocycles. The van der Waals surface area contributed by atoms with Crippen LogP contribution in [0.25, 0.3) is 17.2 Å². The second-order valence-electron chi connectivity index (χ2n) is 12.4. The average molecular weight is 654 g/mol. The van der Waals surface area contributed by atoms with Crippen LogP contribution in [0.3, 0.4) is 0 Å². The number of carbonyl (C=O) groups is 2. The van der Waals surface area contributed by atoms with E-state index in [2.05, 4.69) is 27.1 Å². The molecule has 12 heteroatoms. The molecule has 3 aliphatic heterocycles. The molecular weight excluding hydrogens is 617 g/mol. The molecule has 242 valence electrons. The molecule has 2 aromatic heterocycles. The van der Waals surface area contributed by atoms with Crippen molar-refractivity contribution < 1.29 is 28.6 Å². The van der Waals surface area contributed by atoms with Gasteiger partial charge in [0.05, 0.1) is 12.6 Å².